The highest BCUT2D eigenvalue weighted by Gasteiger charge is 2.30. The second-order valence-corrected chi connectivity index (χ2v) is 5.18. The zero-order valence-electron chi connectivity index (χ0n) is 9.79. The SMILES string of the molecule is CC1CCCC(NC(=O)C2CNC(=O)C2)C1. The number of carbonyl (C=O) groups excluding carboxylic acids is 2. The minimum absolute atomic E-state index is 0.00263. The molecule has 0 aromatic carbocycles. The van der Waals surface area contributed by atoms with E-state index in [4.69, 9.17) is 0 Å². The summed E-state index contributed by atoms with van der Waals surface area (Å²) in [5.74, 6) is 0.613. The average Bonchev–Trinajstić information content (AvgIpc) is 2.65. The van der Waals surface area contributed by atoms with E-state index in [1.165, 1.54) is 12.8 Å². The molecule has 0 aromatic heterocycles. The maximum absolute atomic E-state index is 11.9. The van der Waals surface area contributed by atoms with Gasteiger partial charge in [-0.2, -0.15) is 0 Å². The first kappa shape index (κ1) is 11.4. The van der Waals surface area contributed by atoms with Crippen LogP contribution in [0.15, 0.2) is 0 Å². The average molecular weight is 224 g/mol. The Morgan fingerprint density at radius 2 is 2.25 bits per heavy atom. The van der Waals surface area contributed by atoms with E-state index in [1.807, 2.05) is 0 Å². The molecule has 2 rings (SSSR count). The van der Waals surface area contributed by atoms with Crippen LogP contribution in [0.3, 0.4) is 0 Å². The maximum atomic E-state index is 11.9. The molecule has 2 N–H and O–H groups in total. The van der Waals surface area contributed by atoms with Crippen molar-refractivity contribution < 1.29 is 9.59 Å². The van der Waals surface area contributed by atoms with Gasteiger partial charge in [-0.1, -0.05) is 19.8 Å². The van der Waals surface area contributed by atoms with E-state index in [0.29, 0.717) is 24.9 Å². The Kier molecular flexibility index (Phi) is 3.46. The molecule has 0 bridgehead atoms. The van der Waals surface area contributed by atoms with E-state index < -0.39 is 0 Å². The topological polar surface area (TPSA) is 58.2 Å². The number of carbonyl (C=O) groups is 2. The summed E-state index contributed by atoms with van der Waals surface area (Å²) in [6, 6.07) is 0.326. The Labute approximate surface area is 96.2 Å². The third-order valence-electron chi connectivity index (χ3n) is 3.63. The zero-order chi connectivity index (χ0) is 11.5. The minimum Gasteiger partial charge on any atom is -0.355 e. The van der Waals surface area contributed by atoms with Gasteiger partial charge in [-0.25, -0.2) is 0 Å². The molecule has 1 aliphatic heterocycles. The zero-order valence-corrected chi connectivity index (χ0v) is 9.79. The maximum Gasteiger partial charge on any atom is 0.225 e. The third kappa shape index (κ3) is 2.74. The Bertz CT molecular complexity index is 291. The number of rotatable bonds is 2. The summed E-state index contributed by atoms with van der Waals surface area (Å²) in [6.45, 7) is 2.74. The quantitative estimate of drug-likeness (QED) is 0.729. The summed E-state index contributed by atoms with van der Waals surface area (Å²) in [6.07, 6.45) is 5.00. The molecule has 0 spiro atoms. The molecule has 2 amide bonds. The first-order chi connectivity index (χ1) is 7.65. The fourth-order valence-corrected chi connectivity index (χ4v) is 2.67. The summed E-state index contributed by atoms with van der Waals surface area (Å²) in [7, 11) is 0. The van der Waals surface area contributed by atoms with Gasteiger partial charge in [0, 0.05) is 19.0 Å². The summed E-state index contributed by atoms with van der Waals surface area (Å²) in [5, 5.41) is 5.78. The number of amides is 2. The number of nitrogens with one attached hydrogen (secondary N) is 2. The molecule has 90 valence electrons. The lowest BCUT2D eigenvalue weighted by molar-refractivity contribution is -0.127. The van der Waals surface area contributed by atoms with Gasteiger partial charge >= 0.3 is 0 Å². The van der Waals surface area contributed by atoms with Gasteiger partial charge in [-0.3, -0.25) is 9.59 Å². The van der Waals surface area contributed by atoms with Crippen molar-refractivity contribution in [3.05, 3.63) is 0 Å². The van der Waals surface area contributed by atoms with Crippen molar-refractivity contribution in [2.24, 2.45) is 11.8 Å². The van der Waals surface area contributed by atoms with Crippen LogP contribution in [0.2, 0.25) is 0 Å². The summed E-state index contributed by atoms with van der Waals surface area (Å²) in [5.41, 5.74) is 0. The smallest absolute Gasteiger partial charge is 0.225 e. The van der Waals surface area contributed by atoms with Crippen LogP contribution in [0.25, 0.3) is 0 Å². The van der Waals surface area contributed by atoms with E-state index >= 15 is 0 Å². The molecule has 16 heavy (non-hydrogen) atoms. The lowest BCUT2D eigenvalue weighted by atomic mass is 9.87. The molecule has 0 radical (unpaired) electrons. The molecular weight excluding hydrogens is 204 g/mol. The Morgan fingerprint density at radius 1 is 1.44 bits per heavy atom. The van der Waals surface area contributed by atoms with Crippen LogP contribution >= 0.6 is 0 Å². The summed E-state index contributed by atoms with van der Waals surface area (Å²) in [4.78, 5) is 22.9. The lowest BCUT2D eigenvalue weighted by Gasteiger charge is -2.28. The first-order valence-electron chi connectivity index (χ1n) is 6.22. The van der Waals surface area contributed by atoms with E-state index in [2.05, 4.69) is 17.6 Å². The molecule has 1 aliphatic carbocycles. The number of hydrogen-bond donors (Lipinski definition) is 2. The van der Waals surface area contributed by atoms with Crippen LogP contribution in [0.4, 0.5) is 0 Å². The standard InChI is InChI=1S/C12H20N2O2/c1-8-3-2-4-10(5-8)14-12(16)9-6-11(15)13-7-9/h8-10H,2-7H2,1H3,(H,13,15)(H,14,16). The van der Waals surface area contributed by atoms with E-state index in [0.717, 1.165) is 12.8 Å². The Balaban J connectivity index is 1.80. The first-order valence-corrected chi connectivity index (χ1v) is 6.22. The summed E-state index contributed by atoms with van der Waals surface area (Å²) < 4.78 is 0. The second-order valence-electron chi connectivity index (χ2n) is 5.18. The molecule has 3 unspecified atom stereocenters. The van der Waals surface area contributed by atoms with Crippen molar-refractivity contribution >= 4 is 11.8 Å². The van der Waals surface area contributed by atoms with Crippen molar-refractivity contribution in [1.29, 1.82) is 0 Å². The van der Waals surface area contributed by atoms with Crippen LogP contribution in [-0.4, -0.2) is 24.4 Å². The molecular formula is C12H20N2O2. The largest absolute Gasteiger partial charge is 0.355 e. The molecule has 1 heterocycles. The van der Waals surface area contributed by atoms with E-state index in [9.17, 15) is 9.59 Å². The van der Waals surface area contributed by atoms with Crippen LogP contribution in [0.1, 0.15) is 39.0 Å². The predicted octanol–water partition coefficient (Wildman–Crippen LogP) is 0.817. The summed E-state index contributed by atoms with van der Waals surface area (Å²) >= 11 is 0. The van der Waals surface area contributed by atoms with Gasteiger partial charge in [0.15, 0.2) is 0 Å². The highest BCUT2D eigenvalue weighted by molar-refractivity contribution is 5.89. The van der Waals surface area contributed by atoms with Gasteiger partial charge in [0.25, 0.3) is 0 Å². The van der Waals surface area contributed by atoms with Crippen molar-refractivity contribution in [1.82, 2.24) is 10.6 Å². The van der Waals surface area contributed by atoms with Gasteiger partial charge in [0.2, 0.25) is 11.8 Å². The van der Waals surface area contributed by atoms with Gasteiger partial charge in [0.1, 0.15) is 0 Å². The Morgan fingerprint density at radius 3 is 2.88 bits per heavy atom. The predicted molar refractivity (Wildman–Crippen MR) is 60.7 cm³/mol. The molecule has 0 aromatic rings. The fourth-order valence-electron chi connectivity index (χ4n) is 2.67. The Hall–Kier alpha value is -1.06. The number of hydrogen-bond acceptors (Lipinski definition) is 2. The third-order valence-corrected chi connectivity index (χ3v) is 3.63. The molecule has 3 atom stereocenters. The molecule has 4 heteroatoms. The molecule has 1 saturated carbocycles. The van der Waals surface area contributed by atoms with Gasteiger partial charge in [-0.05, 0) is 18.8 Å². The normalized spacial score (nSPS) is 34.6. The van der Waals surface area contributed by atoms with Crippen molar-refractivity contribution in [3.8, 4) is 0 Å². The van der Waals surface area contributed by atoms with Crippen molar-refractivity contribution in [2.75, 3.05) is 6.54 Å². The molecule has 4 nitrogen and oxygen atoms in total. The molecule has 1 saturated heterocycles. The van der Waals surface area contributed by atoms with Gasteiger partial charge in [0.05, 0.1) is 5.92 Å². The lowest BCUT2D eigenvalue weighted by Crippen LogP contribution is -2.41. The highest BCUT2D eigenvalue weighted by Crippen LogP contribution is 2.24. The van der Waals surface area contributed by atoms with E-state index in [1.54, 1.807) is 0 Å². The van der Waals surface area contributed by atoms with Gasteiger partial charge in [-0.15, -0.1) is 0 Å². The monoisotopic (exact) mass is 224 g/mol. The highest BCUT2D eigenvalue weighted by atomic mass is 16.2. The molecule has 2 aliphatic rings. The van der Waals surface area contributed by atoms with Crippen LogP contribution < -0.4 is 10.6 Å². The van der Waals surface area contributed by atoms with Crippen molar-refractivity contribution in [3.63, 3.8) is 0 Å². The van der Waals surface area contributed by atoms with E-state index in [-0.39, 0.29) is 17.7 Å². The van der Waals surface area contributed by atoms with Crippen LogP contribution in [0.5, 0.6) is 0 Å². The fraction of sp³-hybridized carbons (Fsp3) is 0.833. The van der Waals surface area contributed by atoms with Gasteiger partial charge < -0.3 is 10.6 Å². The molecule has 2 fully saturated rings. The van der Waals surface area contributed by atoms with Crippen molar-refractivity contribution in [2.45, 2.75) is 45.1 Å². The minimum atomic E-state index is -0.148. The second kappa shape index (κ2) is 4.85. The van der Waals surface area contributed by atoms with Crippen LogP contribution in [0, 0.1) is 11.8 Å². The van der Waals surface area contributed by atoms with Crippen LogP contribution in [-0.2, 0) is 9.59 Å².